The summed E-state index contributed by atoms with van der Waals surface area (Å²) in [6, 6.07) is 6.63. The number of fused-ring (bicyclic) bond motifs is 1. The number of H-pyrrole nitrogens is 1. The van der Waals surface area contributed by atoms with Gasteiger partial charge in [0.05, 0.1) is 18.4 Å². The Labute approximate surface area is 133 Å². The van der Waals surface area contributed by atoms with Gasteiger partial charge in [-0.15, -0.1) is 0 Å². The molecule has 1 aliphatic heterocycles. The molecule has 1 aliphatic rings. The molecule has 6 heteroatoms. The minimum absolute atomic E-state index is 0.0413. The molecule has 0 amide bonds. The molecule has 6 nitrogen and oxygen atoms in total. The molecule has 0 aliphatic carbocycles. The van der Waals surface area contributed by atoms with Crippen LogP contribution in [-0.4, -0.2) is 36.6 Å². The smallest absolute Gasteiger partial charge is 0.338 e. The van der Waals surface area contributed by atoms with Crippen LogP contribution in [-0.2, 0) is 11.2 Å². The molecule has 3 rings (SSSR count). The van der Waals surface area contributed by atoms with Crippen molar-refractivity contribution in [2.45, 2.75) is 19.4 Å². The fourth-order valence-electron chi connectivity index (χ4n) is 2.56. The van der Waals surface area contributed by atoms with Gasteiger partial charge in [-0.25, -0.2) is 4.79 Å². The van der Waals surface area contributed by atoms with Crippen LogP contribution in [0.1, 0.15) is 33.3 Å². The van der Waals surface area contributed by atoms with Crippen LogP contribution in [0.5, 0.6) is 11.5 Å². The van der Waals surface area contributed by atoms with E-state index >= 15 is 0 Å². The summed E-state index contributed by atoms with van der Waals surface area (Å²) in [4.78, 5) is 26.8. The molecule has 1 aromatic carbocycles. The predicted molar refractivity (Wildman–Crippen MR) is 82.2 cm³/mol. The lowest BCUT2D eigenvalue weighted by Gasteiger charge is -2.10. The van der Waals surface area contributed by atoms with E-state index in [0.717, 1.165) is 5.56 Å². The molecule has 2 aromatic rings. The Bertz CT molecular complexity index is 736. The van der Waals surface area contributed by atoms with Gasteiger partial charge in [0.15, 0.2) is 18.1 Å². The fourth-order valence-corrected chi connectivity index (χ4v) is 2.56. The van der Waals surface area contributed by atoms with E-state index in [1.54, 1.807) is 30.5 Å². The molecule has 1 unspecified atom stereocenters. The number of carbonyl (C=O) groups excluding carboxylic acids is 2. The third kappa shape index (κ3) is 3.06. The molecular weight excluding hydrogens is 298 g/mol. The van der Waals surface area contributed by atoms with Gasteiger partial charge in [0, 0.05) is 18.2 Å². The zero-order valence-electron chi connectivity index (χ0n) is 12.9. The van der Waals surface area contributed by atoms with Gasteiger partial charge in [0.2, 0.25) is 5.78 Å². The first-order chi connectivity index (χ1) is 11.1. The van der Waals surface area contributed by atoms with Gasteiger partial charge >= 0.3 is 5.97 Å². The number of methoxy groups -OCH3 is 1. The van der Waals surface area contributed by atoms with Crippen LogP contribution in [0.2, 0.25) is 0 Å². The molecule has 0 bridgehead atoms. The van der Waals surface area contributed by atoms with Gasteiger partial charge < -0.3 is 19.2 Å². The quantitative estimate of drug-likeness (QED) is 0.677. The third-order valence-electron chi connectivity index (χ3n) is 3.65. The minimum Gasteiger partial charge on any atom is -0.493 e. The van der Waals surface area contributed by atoms with E-state index in [2.05, 4.69) is 4.98 Å². The highest BCUT2D eigenvalue weighted by molar-refractivity contribution is 5.98. The molecule has 1 aromatic heterocycles. The van der Waals surface area contributed by atoms with Crippen molar-refractivity contribution in [3.05, 3.63) is 47.3 Å². The lowest BCUT2D eigenvalue weighted by atomic mass is 10.1. The summed E-state index contributed by atoms with van der Waals surface area (Å²) < 4.78 is 16.0. The first kappa shape index (κ1) is 15.1. The van der Waals surface area contributed by atoms with Crippen LogP contribution < -0.4 is 9.47 Å². The largest absolute Gasteiger partial charge is 0.493 e. The average molecular weight is 315 g/mol. The van der Waals surface area contributed by atoms with Crippen LogP contribution >= 0.6 is 0 Å². The second kappa shape index (κ2) is 6.16. The Kier molecular flexibility index (Phi) is 4.06. The molecule has 23 heavy (non-hydrogen) atoms. The maximum atomic E-state index is 12.2. The van der Waals surface area contributed by atoms with Crippen LogP contribution in [0, 0.1) is 0 Å². The van der Waals surface area contributed by atoms with Crippen LogP contribution in [0.4, 0.5) is 0 Å². The number of nitrogens with one attached hydrogen (secondary N) is 1. The monoisotopic (exact) mass is 315 g/mol. The highest BCUT2D eigenvalue weighted by Gasteiger charge is 2.25. The van der Waals surface area contributed by atoms with Gasteiger partial charge in [0.25, 0.3) is 0 Å². The Morgan fingerprint density at radius 3 is 2.91 bits per heavy atom. The van der Waals surface area contributed by atoms with Gasteiger partial charge in [-0.2, -0.15) is 0 Å². The van der Waals surface area contributed by atoms with Crippen molar-refractivity contribution < 1.29 is 23.8 Å². The van der Waals surface area contributed by atoms with Crippen LogP contribution in [0.25, 0.3) is 0 Å². The molecule has 1 atom stereocenters. The molecule has 0 fully saturated rings. The Hall–Kier alpha value is -2.76. The van der Waals surface area contributed by atoms with E-state index in [1.807, 2.05) is 6.92 Å². The number of hydrogen-bond acceptors (Lipinski definition) is 5. The Morgan fingerprint density at radius 2 is 2.22 bits per heavy atom. The summed E-state index contributed by atoms with van der Waals surface area (Å²) >= 11 is 0. The summed E-state index contributed by atoms with van der Waals surface area (Å²) in [5.74, 6) is 0.312. The molecule has 0 radical (unpaired) electrons. The zero-order chi connectivity index (χ0) is 16.4. The number of rotatable bonds is 5. The van der Waals surface area contributed by atoms with Crippen LogP contribution in [0.3, 0.4) is 0 Å². The average Bonchev–Trinajstić information content (AvgIpc) is 3.19. The summed E-state index contributed by atoms with van der Waals surface area (Å²) in [6.45, 7) is 1.64. The summed E-state index contributed by atoms with van der Waals surface area (Å²) in [7, 11) is 1.52. The molecule has 0 saturated carbocycles. The lowest BCUT2D eigenvalue weighted by molar-refractivity contribution is 0.0473. The van der Waals surface area contributed by atoms with E-state index in [9.17, 15) is 9.59 Å². The second-order valence-corrected chi connectivity index (χ2v) is 5.38. The number of benzene rings is 1. The maximum Gasteiger partial charge on any atom is 0.338 e. The standard InChI is InChI=1S/C17H17NO5/c1-10-6-11-7-12(8-15(21-2)16(11)23-10)17(20)22-9-14(19)13-4-3-5-18-13/h3-5,7-8,10,18H,6,9H2,1-2H3. The number of Topliss-reactive ketones (excluding diaryl/α,β-unsaturated/α-hetero) is 1. The van der Waals surface area contributed by atoms with Crippen molar-refractivity contribution in [3.63, 3.8) is 0 Å². The van der Waals surface area contributed by atoms with E-state index in [0.29, 0.717) is 29.2 Å². The predicted octanol–water partition coefficient (Wildman–Crippen LogP) is 2.39. The molecule has 1 N–H and O–H groups in total. The normalized spacial score (nSPS) is 15.7. The third-order valence-corrected chi connectivity index (χ3v) is 3.65. The van der Waals surface area contributed by atoms with E-state index in [4.69, 9.17) is 14.2 Å². The number of aromatic nitrogens is 1. The summed E-state index contributed by atoms with van der Waals surface area (Å²) in [5, 5.41) is 0. The topological polar surface area (TPSA) is 77.6 Å². The van der Waals surface area contributed by atoms with Gasteiger partial charge in [-0.1, -0.05) is 0 Å². The fraction of sp³-hybridized carbons (Fsp3) is 0.294. The van der Waals surface area contributed by atoms with Crippen LogP contribution in [0.15, 0.2) is 30.5 Å². The van der Waals surface area contributed by atoms with E-state index in [1.165, 1.54) is 7.11 Å². The van der Waals surface area contributed by atoms with Gasteiger partial charge in [0.1, 0.15) is 6.10 Å². The maximum absolute atomic E-state index is 12.2. The van der Waals surface area contributed by atoms with Crippen molar-refractivity contribution in [1.29, 1.82) is 0 Å². The summed E-state index contributed by atoms with van der Waals surface area (Å²) in [5.41, 5.74) is 1.66. The lowest BCUT2D eigenvalue weighted by Crippen LogP contribution is -2.14. The van der Waals surface area contributed by atoms with Crippen molar-refractivity contribution in [2.75, 3.05) is 13.7 Å². The Balaban J connectivity index is 1.73. The molecule has 0 spiro atoms. The highest BCUT2D eigenvalue weighted by Crippen LogP contribution is 2.39. The second-order valence-electron chi connectivity index (χ2n) is 5.38. The first-order valence-electron chi connectivity index (χ1n) is 7.29. The number of esters is 1. The minimum atomic E-state index is -0.564. The van der Waals surface area contributed by atoms with Crippen molar-refractivity contribution in [2.24, 2.45) is 0 Å². The SMILES string of the molecule is COc1cc(C(=O)OCC(=O)c2ccc[nH]2)cc2c1OC(C)C2. The van der Waals surface area contributed by atoms with Gasteiger partial charge in [-0.05, 0) is 31.2 Å². The molecule has 0 saturated heterocycles. The summed E-state index contributed by atoms with van der Waals surface area (Å²) in [6.07, 6.45) is 2.38. The zero-order valence-corrected chi connectivity index (χ0v) is 12.9. The van der Waals surface area contributed by atoms with Crippen molar-refractivity contribution in [3.8, 4) is 11.5 Å². The highest BCUT2D eigenvalue weighted by atomic mass is 16.5. The molecule has 2 heterocycles. The molecule has 120 valence electrons. The van der Waals surface area contributed by atoms with E-state index < -0.39 is 5.97 Å². The Morgan fingerprint density at radius 1 is 1.39 bits per heavy atom. The number of ketones is 1. The number of hydrogen-bond donors (Lipinski definition) is 1. The van der Waals surface area contributed by atoms with Crippen molar-refractivity contribution in [1.82, 2.24) is 4.98 Å². The van der Waals surface area contributed by atoms with Crippen molar-refractivity contribution >= 4 is 11.8 Å². The number of carbonyl (C=O) groups is 2. The van der Waals surface area contributed by atoms with Gasteiger partial charge in [-0.3, -0.25) is 4.79 Å². The number of aromatic amines is 1. The molecular formula is C17H17NO5. The van der Waals surface area contributed by atoms with E-state index in [-0.39, 0.29) is 18.5 Å². The first-order valence-corrected chi connectivity index (χ1v) is 7.29. The number of ether oxygens (including phenoxy) is 3.